The van der Waals surface area contributed by atoms with Gasteiger partial charge in [0, 0.05) is 10.0 Å². The number of aliphatic carboxylic acids is 1. The summed E-state index contributed by atoms with van der Waals surface area (Å²) in [6, 6.07) is 12.7. The van der Waals surface area contributed by atoms with E-state index >= 15 is 0 Å². The highest BCUT2D eigenvalue weighted by molar-refractivity contribution is 6.35. The fourth-order valence-corrected chi connectivity index (χ4v) is 2.35. The minimum Gasteiger partial charge on any atom is -0.481 e. The fraction of sp³-hybridized carbons (Fsp3) is 0.133. The van der Waals surface area contributed by atoms with Crippen molar-refractivity contribution in [2.24, 2.45) is 0 Å². The van der Waals surface area contributed by atoms with Crippen LogP contribution in [0.1, 0.15) is 18.4 Å². The number of hydrogen-bond donors (Lipinski definition) is 1. The van der Waals surface area contributed by atoms with Crippen LogP contribution < -0.4 is 0 Å². The quantitative estimate of drug-likeness (QED) is 0.879. The Morgan fingerprint density at radius 3 is 2.00 bits per heavy atom. The third kappa shape index (κ3) is 3.28. The average molecular weight is 295 g/mol. The van der Waals surface area contributed by atoms with Gasteiger partial charge in [-0.05, 0) is 41.8 Å². The van der Waals surface area contributed by atoms with Crippen LogP contribution in [0.5, 0.6) is 0 Å². The van der Waals surface area contributed by atoms with Gasteiger partial charge in [-0.15, -0.1) is 0 Å². The minimum atomic E-state index is -0.835. The minimum absolute atomic E-state index is 0.517. The van der Waals surface area contributed by atoms with E-state index in [0.29, 0.717) is 10.0 Å². The number of carbonyl (C=O) groups is 1. The molecular formula is C15H12Cl2O2. The zero-order valence-corrected chi connectivity index (χ0v) is 11.7. The van der Waals surface area contributed by atoms with Crippen molar-refractivity contribution < 1.29 is 9.90 Å². The van der Waals surface area contributed by atoms with Crippen LogP contribution in [0.15, 0.2) is 42.5 Å². The van der Waals surface area contributed by atoms with Crippen LogP contribution in [0.25, 0.3) is 11.1 Å². The van der Waals surface area contributed by atoms with Crippen molar-refractivity contribution in [2.45, 2.75) is 12.8 Å². The van der Waals surface area contributed by atoms with Gasteiger partial charge in [0.05, 0.1) is 5.92 Å². The van der Waals surface area contributed by atoms with E-state index in [9.17, 15) is 4.79 Å². The highest BCUT2D eigenvalue weighted by atomic mass is 35.5. The normalized spacial score (nSPS) is 12.2. The summed E-state index contributed by atoms with van der Waals surface area (Å²) in [6.45, 7) is 1.66. The number of benzene rings is 2. The Balaban J connectivity index is 2.34. The first-order valence-electron chi connectivity index (χ1n) is 5.76. The van der Waals surface area contributed by atoms with Crippen molar-refractivity contribution in [3.8, 4) is 11.1 Å². The molecule has 0 fully saturated rings. The topological polar surface area (TPSA) is 37.3 Å². The molecule has 0 saturated heterocycles. The standard InChI is InChI=1S/C15H12Cl2O2/c1-9(15(18)19)10-2-4-11(5-3-10)12-6-13(16)8-14(17)7-12/h2-9H,1H3,(H,18,19). The Kier molecular flexibility index (Phi) is 4.13. The van der Waals surface area contributed by atoms with Gasteiger partial charge in [0.15, 0.2) is 0 Å². The van der Waals surface area contributed by atoms with Gasteiger partial charge in [-0.1, -0.05) is 47.5 Å². The highest BCUT2D eigenvalue weighted by Crippen LogP contribution is 2.28. The first-order valence-corrected chi connectivity index (χ1v) is 6.52. The van der Waals surface area contributed by atoms with E-state index in [4.69, 9.17) is 28.3 Å². The SMILES string of the molecule is CC(C(=O)O)c1ccc(-c2cc(Cl)cc(Cl)c2)cc1. The molecule has 0 aromatic heterocycles. The molecule has 4 heteroatoms. The molecule has 0 amide bonds. The zero-order chi connectivity index (χ0) is 14.0. The summed E-state index contributed by atoms with van der Waals surface area (Å²) < 4.78 is 0. The van der Waals surface area contributed by atoms with E-state index in [1.54, 1.807) is 13.0 Å². The Labute approximate surface area is 121 Å². The first kappa shape index (κ1) is 13.9. The molecule has 1 N–H and O–H groups in total. The second kappa shape index (κ2) is 5.64. The molecule has 2 aromatic rings. The van der Waals surface area contributed by atoms with Crippen molar-refractivity contribution in [3.05, 3.63) is 58.1 Å². The maximum Gasteiger partial charge on any atom is 0.310 e. The van der Waals surface area contributed by atoms with Gasteiger partial charge in [0.2, 0.25) is 0 Å². The summed E-state index contributed by atoms with van der Waals surface area (Å²) in [6.07, 6.45) is 0. The third-order valence-corrected chi connectivity index (χ3v) is 3.41. The Bertz CT molecular complexity index is 586. The largest absolute Gasteiger partial charge is 0.481 e. The summed E-state index contributed by atoms with van der Waals surface area (Å²) in [5.74, 6) is -1.35. The lowest BCUT2D eigenvalue weighted by Crippen LogP contribution is -2.06. The van der Waals surface area contributed by atoms with Gasteiger partial charge < -0.3 is 5.11 Å². The van der Waals surface area contributed by atoms with Crippen molar-refractivity contribution in [1.29, 1.82) is 0 Å². The lowest BCUT2D eigenvalue weighted by Gasteiger charge is -2.08. The van der Waals surface area contributed by atoms with Gasteiger partial charge in [0.25, 0.3) is 0 Å². The summed E-state index contributed by atoms with van der Waals surface area (Å²) in [4.78, 5) is 10.9. The van der Waals surface area contributed by atoms with Crippen LogP contribution in [0.2, 0.25) is 10.0 Å². The maximum atomic E-state index is 10.9. The van der Waals surface area contributed by atoms with Crippen LogP contribution in [-0.2, 0) is 4.79 Å². The van der Waals surface area contributed by atoms with Gasteiger partial charge in [-0.3, -0.25) is 4.79 Å². The molecule has 0 aliphatic heterocycles. The lowest BCUT2D eigenvalue weighted by atomic mass is 9.98. The molecule has 0 heterocycles. The third-order valence-electron chi connectivity index (χ3n) is 2.98. The monoisotopic (exact) mass is 294 g/mol. The number of rotatable bonds is 3. The van der Waals surface area contributed by atoms with E-state index in [2.05, 4.69) is 0 Å². The Morgan fingerprint density at radius 2 is 1.53 bits per heavy atom. The predicted octanol–water partition coefficient (Wildman–Crippen LogP) is 4.85. The molecule has 2 nitrogen and oxygen atoms in total. The molecule has 0 bridgehead atoms. The molecule has 0 aliphatic carbocycles. The van der Waals surface area contributed by atoms with Crippen molar-refractivity contribution in [3.63, 3.8) is 0 Å². The lowest BCUT2D eigenvalue weighted by molar-refractivity contribution is -0.138. The van der Waals surface area contributed by atoms with Gasteiger partial charge >= 0.3 is 5.97 Å². The molecule has 2 rings (SSSR count). The van der Waals surface area contributed by atoms with E-state index in [-0.39, 0.29) is 0 Å². The Hall–Kier alpha value is -1.51. The van der Waals surface area contributed by atoms with Crippen LogP contribution in [0.4, 0.5) is 0 Å². The van der Waals surface area contributed by atoms with Gasteiger partial charge in [-0.2, -0.15) is 0 Å². The average Bonchev–Trinajstić information content (AvgIpc) is 2.37. The van der Waals surface area contributed by atoms with Crippen molar-refractivity contribution in [2.75, 3.05) is 0 Å². The van der Waals surface area contributed by atoms with Crippen molar-refractivity contribution >= 4 is 29.2 Å². The van der Waals surface area contributed by atoms with E-state index in [0.717, 1.165) is 16.7 Å². The maximum absolute atomic E-state index is 10.9. The van der Waals surface area contributed by atoms with Gasteiger partial charge in [-0.25, -0.2) is 0 Å². The summed E-state index contributed by atoms with van der Waals surface area (Å²) in [7, 11) is 0. The number of hydrogen-bond acceptors (Lipinski definition) is 1. The molecular weight excluding hydrogens is 283 g/mol. The second-order valence-electron chi connectivity index (χ2n) is 4.34. The number of halogens is 2. The van der Waals surface area contributed by atoms with Crippen LogP contribution in [0.3, 0.4) is 0 Å². The van der Waals surface area contributed by atoms with Gasteiger partial charge in [0.1, 0.15) is 0 Å². The highest BCUT2D eigenvalue weighted by Gasteiger charge is 2.13. The van der Waals surface area contributed by atoms with Crippen LogP contribution in [-0.4, -0.2) is 11.1 Å². The summed E-state index contributed by atoms with van der Waals surface area (Å²) >= 11 is 11.9. The molecule has 0 aliphatic rings. The van der Waals surface area contributed by atoms with Crippen LogP contribution in [0, 0.1) is 0 Å². The number of carboxylic acids is 1. The van der Waals surface area contributed by atoms with E-state index in [1.165, 1.54) is 0 Å². The smallest absolute Gasteiger partial charge is 0.310 e. The molecule has 1 unspecified atom stereocenters. The first-order chi connectivity index (χ1) is 8.97. The fourth-order valence-electron chi connectivity index (χ4n) is 1.83. The molecule has 98 valence electrons. The summed E-state index contributed by atoms with van der Waals surface area (Å²) in [5, 5.41) is 10.1. The van der Waals surface area contributed by atoms with E-state index < -0.39 is 11.9 Å². The second-order valence-corrected chi connectivity index (χ2v) is 5.21. The molecule has 1 atom stereocenters. The molecule has 0 spiro atoms. The molecule has 2 aromatic carbocycles. The van der Waals surface area contributed by atoms with Crippen LogP contribution >= 0.6 is 23.2 Å². The predicted molar refractivity (Wildman–Crippen MR) is 77.9 cm³/mol. The zero-order valence-electron chi connectivity index (χ0n) is 10.2. The number of carboxylic acid groups (broad SMARTS) is 1. The Morgan fingerprint density at radius 1 is 1.00 bits per heavy atom. The van der Waals surface area contributed by atoms with Crippen molar-refractivity contribution in [1.82, 2.24) is 0 Å². The molecule has 0 saturated carbocycles. The van der Waals surface area contributed by atoms with E-state index in [1.807, 2.05) is 36.4 Å². The molecule has 19 heavy (non-hydrogen) atoms. The molecule has 0 radical (unpaired) electrons. The summed E-state index contributed by atoms with van der Waals surface area (Å²) in [5.41, 5.74) is 2.63.